The van der Waals surface area contributed by atoms with E-state index in [0.717, 1.165) is 11.8 Å². The molecule has 0 aromatic heterocycles. The molecule has 0 amide bonds. The van der Waals surface area contributed by atoms with Crippen LogP contribution in [0.2, 0.25) is 0 Å². The average molecular weight is 226 g/mol. The molecule has 1 N–H and O–H groups in total. The maximum Gasteiger partial charge on any atom is 0.0431 e. The summed E-state index contributed by atoms with van der Waals surface area (Å²) in [6.07, 6.45) is 16.6. The predicted molar refractivity (Wildman–Crippen MR) is 70.6 cm³/mol. The Kier molecular flexibility index (Phi) is 7.11. The first-order valence-corrected chi connectivity index (χ1v) is 7.44. The van der Waals surface area contributed by atoms with Crippen LogP contribution in [0.1, 0.15) is 84.0 Å². The molecule has 0 aromatic carbocycles. The lowest BCUT2D eigenvalue weighted by Gasteiger charge is -2.36. The van der Waals surface area contributed by atoms with E-state index in [-0.39, 0.29) is 0 Å². The minimum absolute atomic E-state index is 0.374. The topological polar surface area (TPSA) is 20.2 Å². The molecule has 1 nitrogen and oxygen atoms in total. The summed E-state index contributed by atoms with van der Waals surface area (Å²) < 4.78 is 0. The lowest BCUT2D eigenvalue weighted by Crippen LogP contribution is -2.23. The molecule has 1 aliphatic carbocycles. The summed E-state index contributed by atoms with van der Waals surface area (Å²) >= 11 is 0. The van der Waals surface area contributed by atoms with Crippen LogP contribution in [-0.4, -0.2) is 11.7 Å². The molecule has 0 unspecified atom stereocenters. The molecule has 1 saturated carbocycles. The molecule has 0 spiro atoms. The molecular formula is C15H30O. The van der Waals surface area contributed by atoms with Gasteiger partial charge in [-0.25, -0.2) is 0 Å². The number of rotatable bonds is 8. The van der Waals surface area contributed by atoms with Crippen molar-refractivity contribution in [2.75, 3.05) is 6.61 Å². The van der Waals surface area contributed by atoms with Gasteiger partial charge in [-0.3, -0.25) is 0 Å². The highest BCUT2D eigenvalue weighted by Gasteiger charge is 2.28. The van der Waals surface area contributed by atoms with Gasteiger partial charge < -0.3 is 5.11 Å². The van der Waals surface area contributed by atoms with Crippen molar-refractivity contribution in [1.29, 1.82) is 0 Å². The largest absolute Gasteiger partial charge is 0.396 e. The Bertz CT molecular complexity index is 159. The first kappa shape index (κ1) is 14.0. The van der Waals surface area contributed by atoms with E-state index < -0.39 is 0 Å². The van der Waals surface area contributed by atoms with Crippen LogP contribution in [-0.2, 0) is 0 Å². The SMILES string of the molecule is CCC1(CCCCCCCO)CCCCC1. The van der Waals surface area contributed by atoms with Crippen molar-refractivity contribution in [1.82, 2.24) is 0 Å². The van der Waals surface area contributed by atoms with Crippen LogP contribution in [0, 0.1) is 5.41 Å². The second kappa shape index (κ2) is 8.11. The monoisotopic (exact) mass is 226 g/mol. The molecule has 1 heteroatoms. The minimum atomic E-state index is 0.374. The van der Waals surface area contributed by atoms with Gasteiger partial charge in [-0.2, -0.15) is 0 Å². The van der Waals surface area contributed by atoms with Crippen LogP contribution < -0.4 is 0 Å². The van der Waals surface area contributed by atoms with E-state index in [9.17, 15) is 0 Å². The first-order chi connectivity index (χ1) is 7.83. The van der Waals surface area contributed by atoms with Crippen molar-refractivity contribution < 1.29 is 5.11 Å². The molecule has 0 heterocycles. The van der Waals surface area contributed by atoms with Crippen LogP contribution in [0.5, 0.6) is 0 Å². The Hall–Kier alpha value is -0.0400. The van der Waals surface area contributed by atoms with Gasteiger partial charge in [0, 0.05) is 6.61 Å². The molecule has 0 atom stereocenters. The summed E-state index contributed by atoms with van der Waals surface area (Å²) in [7, 11) is 0. The molecule has 96 valence electrons. The Balaban J connectivity index is 2.08. The number of hydrogen-bond donors (Lipinski definition) is 1. The third-order valence-corrected chi connectivity index (χ3v) is 4.53. The second-order valence-electron chi connectivity index (χ2n) is 5.66. The van der Waals surface area contributed by atoms with Crippen LogP contribution in [0.4, 0.5) is 0 Å². The van der Waals surface area contributed by atoms with Crippen molar-refractivity contribution in [2.24, 2.45) is 5.41 Å². The third kappa shape index (κ3) is 4.86. The van der Waals surface area contributed by atoms with Crippen LogP contribution >= 0.6 is 0 Å². The third-order valence-electron chi connectivity index (χ3n) is 4.53. The highest BCUT2D eigenvalue weighted by Crippen LogP contribution is 2.43. The van der Waals surface area contributed by atoms with Gasteiger partial charge in [-0.15, -0.1) is 0 Å². The van der Waals surface area contributed by atoms with Gasteiger partial charge in [0.15, 0.2) is 0 Å². The molecule has 0 aliphatic heterocycles. The normalized spacial score (nSPS) is 19.9. The second-order valence-corrected chi connectivity index (χ2v) is 5.66. The van der Waals surface area contributed by atoms with E-state index in [1.165, 1.54) is 70.6 Å². The molecule has 16 heavy (non-hydrogen) atoms. The summed E-state index contributed by atoms with van der Waals surface area (Å²) in [6.45, 7) is 2.76. The van der Waals surface area contributed by atoms with E-state index in [2.05, 4.69) is 6.92 Å². The number of aliphatic hydroxyl groups excluding tert-OH is 1. The van der Waals surface area contributed by atoms with E-state index >= 15 is 0 Å². The van der Waals surface area contributed by atoms with E-state index in [0.29, 0.717) is 6.61 Å². The van der Waals surface area contributed by atoms with Crippen molar-refractivity contribution in [3.63, 3.8) is 0 Å². The van der Waals surface area contributed by atoms with Crippen molar-refractivity contribution in [2.45, 2.75) is 84.0 Å². The minimum Gasteiger partial charge on any atom is -0.396 e. The van der Waals surface area contributed by atoms with Gasteiger partial charge >= 0.3 is 0 Å². The summed E-state index contributed by atoms with van der Waals surface area (Å²) in [5.74, 6) is 0. The maximum atomic E-state index is 8.71. The fraction of sp³-hybridized carbons (Fsp3) is 1.00. The Labute approximate surface area is 102 Å². The van der Waals surface area contributed by atoms with Gasteiger partial charge in [-0.05, 0) is 31.1 Å². The smallest absolute Gasteiger partial charge is 0.0431 e. The molecule has 0 saturated heterocycles. The van der Waals surface area contributed by atoms with E-state index in [1.807, 2.05) is 0 Å². The summed E-state index contributed by atoms with van der Waals surface area (Å²) in [5, 5.41) is 8.71. The zero-order chi connectivity index (χ0) is 11.7. The zero-order valence-corrected chi connectivity index (χ0v) is 11.1. The van der Waals surface area contributed by atoms with Gasteiger partial charge in [0.1, 0.15) is 0 Å². The van der Waals surface area contributed by atoms with Crippen molar-refractivity contribution >= 4 is 0 Å². The van der Waals surface area contributed by atoms with E-state index in [1.54, 1.807) is 0 Å². The Morgan fingerprint density at radius 1 is 0.875 bits per heavy atom. The van der Waals surface area contributed by atoms with Gasteiger partial charge in [-0.1, -0.05) is 58.3 Å². The van der Waals surface area contributed by atoms with Crippen molar-refractivity contribution in [3.8, 4) is 0 Å². The van der Waals surface area contributed by atoms with Crippen LogP contribution in [0.25, 0.3) is 0 Å². The highest BCUT2D eigenvalue weighted by atomic mass is 16.2. The highest BCUT2D eigenvalue weighted by molar-refractivity contribution is 4.81. The molecule has 0 bridgehead atoms. The average Bonchev–Trinajstić information content (AvgIpc) is 2.35. The fourth-order valence-electron chi connectivity index (χ4n) is 3.22. The van der Waals surface area contributed by atoms with Crippen LogP contribution in [0.3, 0.4) is 0 Å². The Morgan fingerprint density at radius 3 is 2.12 bits per heavy atom. The summed E-state index contributed by atoms with van der Waals surface area (Å²) in [5.41, 5.74) is 0.717. The standard InChI is InChI=1S/C15H30O/c1-2-15(12-8-6-9-13-15)11-7-4-3-5-10-14-16/h16H,2-14H2,1H3. The summed E-state index contributed by atoms with van der Waals surface area (Å²) in [4.78, 5) is 0. The zero-order valence-electron chi connectivity index (χ0n) is 11.1. The number of aliphatic hydroxyl groups is 1. The quantitative estimate of drug-likeness (QED) is 0.596. The molecule has 1 rings (SSSR count). The lowest BCUT2D eigenvalue weighted by atomic mass is 9.69. The lowest BCUT2D eigenvalue weighted by molar-refractivity contribution is 0.159. The van der Waals surface area contributed by atoms with Gasteiger partial charge in [0.05, 0.1) is 0 Å². The van der Waals surface area contributed by atoms with Gasteiger partial charge in [0.2, 0.25) is 0 Å². The van der Waals surface area contributed by atoms with Gasteiger partial charge in [0.25, 0.3) is 0 Å². The number of unbranched alkanes of at least 4 members (excludes halogenated alkanes) is 4. The predicted octanol–water partition coefficient (Wildman–Crippen LogP) is 4.68. The van der Waals surface area contributed by atoms with Crippen molar-refractivity contribution in [3.05, 3.63) is 0 Å². The molecule has 1 fully saturated rings. The summed E-state index contributed by atoms with van der Waals surface area (Å²) in [6, 6.07) is 0. The maximum absolute atomic E-state index is 8.71. The van der Waals surface area contributed by atoms with Crippen LogP contribution in [0.15, 0.2) is 0 Å². The van der Waals surface area contributed by atoms with E-state index in [4.69, 9.17) is 5.11 Å². The molecule has 0 aromatic rings. The molecule has 0 radical (unpaired) electrons. The number of hydrogen-bond acceptors (Lipinski definition) is 1. The molecular weight excluding hydrogens is 196 g/mol. The fourth-order valence-corrected chi connectivity index (χ4v) is 3.22. The Morgan fingerprint density at radius 2 is 1.50 bits per heavy atom. The first-order valence-electron chi connectivity index (χ1n) is 7.44. The molecule has 1 aliphatic rings.